The number of aromatic nitrogens is 2. The summed E-state index contributed by atoms with van der Waals surface area (Å²) in [7, 11) is 0. The van der Waals surface area contributed by atoms with Crippen LogP contribution in [0.25, 0.3) is 12.2 Å². The van der Waals surface area contributed by atoms with Gasteiger partial charge in [0.25, 0.3) is 0 Å². The summed E-state index contributed by atoms with van der Waals surface area (Å²) >= 11 is 0. The van der Waals surface area contributed by atoms with E-state index in [-0.39, 0.29) is 42.7 Å². The van der Waals surface area contributed by atoms with Crippen molar-refractivity contribution in [2.24, 2.45) is 11.8 Å². The van der Waals surface area contributed by atoms with Crippen LogP contribution in [0.2, 0.25) is 0 Å². The zero-order valence-electron chi connectivity index (χ0n) is 38.7. The maximum atomic E-state index is 13.4. The van der Waals surface area contributed by atoms with Gasteiger partial charge in [-0.3, -0.25) is 29.4 Å². The van der Waals surface area contributed by atoms with Gasteiger partial charge in [0.15, 0.2) is 17.5 Å². The smallest absolute Gasteiger partial charge is 0.395 e. The number of nitrogens with zero attached hydrogens (tertiary/aromatic N) is 6. The van der Waals surface area contributed by atoms with Crippen LogP contribution in [0.3, 0.4) is 0 Å². The summed E-state index contributed by atoms with van der Waals surface area (Å²) in [6.45, 7) is 6.24. The first-order valence-corrected chi connectivity index (χ1v) is 24.1. The minimum atomic E-state index is -4.41. The molecule has 0 saturated carbocycles. The number of hydrogen-bond donors (Lipinski definition) is 2. The van der Waals surface area contributed by atoms with Crippen LogP contribution < -0.4 is 0 Å². The summed E-state index contributed by atoms with van der Waals surface area (Å²) in [5.41, 5.74) is 2.35. The van der Waals surface area contributed by atoms with Crippen molar-refractivity contribution in [1.29, 1.82) is 0 Å². The number of aliphatic hydroxyl groups excluding tert-OH is 2. The predicted octanol–water partition coefficient (Wildman–Crippen LogP) is 8.58. The van der Waals surface area contributed by atoms with Gasteiger partial charge in [-0.05, 0) is 184 Å². The van der Waals surface area contributed by atoms with Crippen molar-refractivity contribution in [2.75, 3.05) is 65.6 Å². The summed E-state index contributed by atoms with van der Waals surface area (Å²) in [6.07, 6.45) is 15.7. The highest BCUT2D eigenvalue weighted by Gasteiger charge is 2.36. The Bertz CT molecular complexity index is 2300. The van der Waals surface area contributed by atoms with Gasteiger partial charge in [0.1, 0.15) is 0 Å². The van der Waals surface area contributed by atoms with Gasteiger partial charge in [0.05, 0.1) is 18.8 Å². The predicted molar refractivity (Wildman–Crippen MR) is 252 cm³/mol. The molecule has 2 amide bonds. The average molecular weight is 961 g/mol. The van der Waals surface area contributed by atoms with Gasteiger partial charge in [-0.1, -0.05) is 12.1 Å². The van der Waals surface area contributed by atoms with Crippen LogP contribution in [0, 0.1) is 29.3 Å². The molecule has 4 aliphatic heterocycles. The summed E-state index contributed by atoms with van der Waals surface area (Å²) < 4.78 is 78.5. The van der Waals surface area contributed by atoms with Gasteiger partial charge in [-0.25, -0.2) is 13.2 Å². The minimum absolute atomic E-state index is 0.0800. The SMILES string of the molecule is O=C(/C=C/c1cc(F)c(F)c(F)c1)N1CCC(C(CO)N2CCC(c3ccncc3)CC2)CC1.O=C(/C=C/c1cccc(C(F)(F)F)c1)N1CCC(C(CO)N2CCC(c3ccncc3)CC2)CC1. The van der Waals surface area contributed by atoms with E-state index in [4.69, 9.17) is 0 Å². The fourth-order valence-electron chi connectivity index (χ4n) is 10.6. The Labute approximate surface area is 400 Å². The van der Waals surface area contributed by atoms with E-state index in [0.717, 1.165) is 102 Å². The third-order valence-corrected chi connectivity index (χ3v) is 14.6. The Morgan fingerprint density at radius 1 is 0.580 bits per heavy atom. The fraction of sp³-hybridized carbons (Fsp3) is 0.472. The molecule has 2 unspecified atom stereocenters. The number of carbonyl (C=O) groups is 2. The van der Waals surface area contributed by atoms with Crippen molar-refractivity contribution in [3.8, 4) is 0 Å². The van der Waals surface area contributed by atoms with E-state index in [1.807, 2.05) is 24.8 Å². The van der Waals surface area contributed by atoms with Gasteiger partial charge in [-0.2, -0.15) is 13.2 Å². The molecule has 2 N–H and O–H groups in total. The average Bonchev–Trinajstić information content (AvgIpc) is 3.38. The lowest BCUT2D eigenvalue weighted by Gasteiger charge is -2.43. The van der Waals surface area contributed by atoms with Gasteiger partial charge in [0, 0.05) is 75.2 Å². The molecule has 2 aromatic heterocycles. The Kier molecular flexibility index (Phi) is 18.2. The second-order valence-electron chi connectivity index (χ2n) is 18.6. The summed E-state index contributed by atoms with van der Waals surface area (Å²) in [4.78, 5) is 41.6. The van der Waals surface area contributed by atoms with E-state index < -0.39 is 29.2 Å². The molecule has 4 saturated heterocycles. The molecule has 4 aliphatic rings. The van der Waals surface area contributed by atoms with E-state index in [0.29, 0.717) is 55.4 Å². The van der Waals surface area contributed by atoms with Crippen LogP contribution in [-0.4, -0.2) is 129 Å². The number of rotatable bonds is 12. The quantitative estimate of drug-likeness (QED) is 0.0826. The van der Waals surface area contributed by atoms with E-state index in [1.165, 1.54) is 41.5 Å². The lowest BCUT2D eigenvalue weighted by atomic mass is 9.85. The highest BCUT2D eigenvalue weighted by atomic mass is 19.4. The number of carbonyl (C=O) groups excluding carboxylic acids is 2. The number of alkyl halides is 3. The summed E-state index contributed by atoms with van der Waals surface area (Å²) in [5.74, 6) is -2.87. The zero-order valence-corrected chi connectivity index (χ0v) is 38.7. The first-order valence-electron chi connectivity index (χ1n) is 24.1. The van der Waals surface area contributed by atoms with Crippen molar-refractivity contribution in [3.05, 3.63) is 143 Å². The molecule has 69 heavy (non-hydrogen) atoms. The van der Waals surface area contributed by atoms with Crippen LogP contribution >= 0.6 is 0 Å². The highest BCUT2D eigenvalue weighted by molar-refractivity contribution is 5.92. The zero-order chi connectivity index (χ0) is 48.9. The lowest BCUT2D eigenvalue weighted by molar-refractivity contribution is -0.137. The maximum absolute atomic E-state index is 13.4. The van der Waals surface area contributed by atoms with Crippen molar-refractivity contribution in [2.45, 2.75) is 81.5 Å². The van der Waals surface area contributed by atoms with Crippen LogP contribution in [0.4, 0.5) is 26.3 Å². The van der Waals surface area contributed by atoms with E-state index in [9.17, 15) is 46.1 Å². The number of likely N-dealkylation sites (tertiary alicyclic amines) is 4. The molecule has 0 radical (unpaired) electrons. The van der Waals surface area contributed by atoms with Crippen LogP contribution in [0.5, 0.6) is 0 Å². The molecule has 4 aromatic rings. The van der Waals surface area contributed by atoms with Crippen LogP contribution in [0.1, 0.15) is 91.0 Å². The molecule has 0 bridgehead atoms. The van der Waals surface area contributed by atoms with Gasteiger partial charge >= 0.3 is 6.18 Å². The molecular weight excluding hydrogens is 899 g/mol. The Morgan fingerprint density at radius 3 is 1.38 bits per heavy atom. The van der Waals surface area contributed by atoms with E-state index in [2.05, 4.69) is 44.0 Å². The number of benzene rings is 2. The first kappa shape index (κ1) is 51.4. The van der Waals surface area contributed by atoms with Crippen molar-refractivity contribution >= 4 is 24.0 Å². The number of hydrogen-bond acceptors (Lipinski definition) is 8. The Balaban J connectivity index is 0.000000204. The summed E-state index contributed by atoms with van der Waals surface area (Å²) in [5, 5.41) is 20.3. The molecule has 4 fully saturated rings. The molecule has 0 aliphatic carbocycles. The number of piperidine rings is 4. The Hall–Kier alpha value is -5.42. The number of pyridine rings is 2. The molecule has 370 valence electrons. The second kappa shape index (κ2) is 24.4. The molecular formula is C53H62F6N6O4. The minimum Gasteiger partial charge on any atom is -0.395 e. The molecule has 6 heterocycles. The Morgan fingerprint density at radius 2 is 0.986 bits per heavy atom. The lowest BCUT2D eigenvalue weighted by Crippen LogP contribution is -2.50. The van der Waals surface area contributed by atoms with E-state index >= 15 is 0 Å². The first-order chi connectivity index (χ1) is 33.3. The van der Waals surface area contributed by atoms with Crippen molar-refractivity contribution < 1.29 is 46.1 Å². The van der Waals surface area contributed by atoms with E-state index in [1.54, 1.807) is 15.9 Å². The van der Waals surface area contributed by atoms with Crippen LogP contribution in [-0.2, 0) is 15.8 Å². The maximum Gasteiger partial charge on any atom is 0.416 e. The van der Waals surface area contributed by atoms with Gasteiger partial charge in [-0.15, -0.1) is 0 Å². The highest BCUT2D eigenvalue weighted by Crippen LogP contribution is 2.34. The number of halogens is 6. The molecule has 16 heteroatoms. The third-order valence-electron chi connectivity index (χ3n) is 14.6. The number of aliphatic hydroxyl groups is 2. The van der Waals surface area contributed by atoms with Crippen LogP contribution in [0.15, 0.2) is 97.6 Å². The van der Waals surface area contributed by atoms with Gasteiger partial charge < -0.3 is 20.0 Å². The monoisotopic (exact) mass is 960 g/mol. The molecule has 2 atom stereocenters. The molecule has 10 nitrogen and oxygen atoms in total. The van der Waals surface area contributed by atoms with Crippen molar-refractivity contribution in [3.63, 3.8) is 0 Å². The standard InChI is InChI=1S/C27H32F3N3O2.C26H30F3N3O2/c28-27(29,30)24-3-1-2-20(18-24)4-5-26(35)33-16-10-23(11-17-33)25(19-34)32-14-8-22(9-15-32)21-6-12-31-13-7-21;27-22-15-18(16-23(28)26(22)29)1-2-25(34)32-13-7-21(8-14-32)24(17-33)31-11-5-20(6-12-31)19-3-9-30-10-4-19/h1-7,12-13,18,22-23,25,34H,8-11,14-17,19H2;1-4,9-10,15-16,20-21,24,33H,5-8,11-14,17H2/b5-4+;2-1+. The molecule has 0 spiro atoms. The fourth-order valence-corrected chi connectivity index (χ4v) is 10.6. The normalized spacial score (nSPS) is 19.7. The number of amides is 2. The molecule has 2 aromatic carbocycles. The van der Waals surface area contributed by atoms with Gasteiger partial charge in [0.2, 0.25) is 11.8 Å². The largest absolute Gasteiger partial charge is 0.416 e. The third kappa shape index (κ3) is 13.9. The molecule has 8 rings (SSSR count). The topological polar surface area (TPSA) is 113 Å². The summed E-state index contributed by atoms with van der Waals surface area (Å²) in [6, 6.07) is 15.2. The second-order valence-corrected chi connectivity index (χ2v) is 18.6. The van der Waals surface area contributed by atoms with Crippen molar-refractivity contribution in [1.82, 2.24) is 29.6 Å².